The minimum absolute atomic E-state index is 0.0191. The van der Waals surface area contributed by atoms with E-state index in [1.165, 1.54) is 5.56 Å². The molecule has 26 heavy (non-hydrogen) atoms. The number of carbonyl (C=O) groups is 2. The van der Waals surface area contributed by atoms with E-state index in [1.807, 2.05) is 18.2 Å². The largest absolute Gasteiger partial charge is 0.355 e. The fourth-order valence-electron chi connectivity index (χ4n) is 2.48. The summed E-state index contributed by atoms with van der Waals surface area (Å²) in [5, 5.41) is 5.45. The third-order valence-electron chi connectivity index (χ3n) is 3.85. The van der Waals surface area contributed by atoms with Crippen molar-refractivity contribution in [1.29, 1.82) is 0 Å². The van der Waals surface area contributed by atoms with E-state index in [9.17, 15) is 9.59 Å². The Labute approximate surface area is 162 Å². The summed E-state index contributed by atoms with van der Waals surface area (Å²) in [6.45, 7) is 2.35. The highest BCUT2D eigenvalue weighted by Crippen LogP contribution is 2.10. The molecule has 0 bridgehead atoms. The molecule has 0 aliphatic heterocycles. The molecule has 0 radical (unpaired) electrons. The standard InChI is InChI=1S/C20H24BrN3O2/c1-24(15-16-6-3-2-4-7-16)13-5-12-22-19(25)14-23-20(26)17-8-10-18(21)11-9-17/h2-4,6-11H,5,12-15H2,1H3,(H,22,25)(H,23,26). The van der Waals surface area contributed by atoms with Crippen LogP contribution >= 0.6 is 15.9 Å². The van der Waals surface area contributed by atoms with Crippen molar-refractivity contribution in [2.24, 2.45) is 0 Å². The summed E-state index contributed by atoms with van der Waals surface area (Å²) in [4.78, 5) is 26.0. The first-order valence-electron chi connectivity index (χ1n) is 8.57. The zero-order valence-corrected chi connectivity index (χ0v) is 16.5. The number of hydrogen-bond acceptors (Lipinski definition) is 3. The van der Waals surface area contributed by atoms with Crippen molar-refractivity contribution in [1.82, 2.24) is 15.5 Å². The monoisotopic (exact) mass is 417 g/mol. The van der Waals surface area contributed by atoms with E-state index in [0.717, 1.165) is 24.0 Å². The van der Waals surface area contributed by atoms with Gasteiger partial charge in [-0.1, -0.05) is 46.3 Å². The lowest BCUT2D eigenvalue weighted by Crippen LogP contribution is -2.37. The molecule has 0 atom stereocenters. The number of rotatable bonds is 9. The van der Waals surface area contributed by atoms with Crippen LogP contribution in [0.25, 0.3) is 0 Å². The summed E-state index contributed by atoms with van der Waals surface area (Å²) in [6.07, 6.45) is 0.857. The molecule has 0 aliphatic carbocycles. The second-order valence-electron chi connectivity index (χ2n) is 6.12. The van der Waals surface area contributed by atoms with Crippen molar-refractivity contribution in [3.63, 3.8) is 0 Å². The Balaban J connectivity index is 1.58. The van der Waals surface area contributed by atoms with Crippen LogP contribution in [0, 0.1) is 0 Å². The predicted octanol–water partition coefficient (Wildman–Crippen LogP) is 2.82. The lowest BCUT2D eigenvalue weighted by Gasteiger charge is -2.16. The number of hydrogen-bond donors (Lipinski definition) is 2. The molecule has 0 saturated heterocycles. The minimum Gasteiger partial charge on any atom is -0.355 e. The Kier molecular flexibility index (Phi) is 8.31. The number of halogens is 1. The maximum absolute atomic E-state index is 11.9. The van der Waals surface area contributed by atoms with Crippen LogP contribution in [-0.2, 0) is 11.3 Å². The molecule has 2 amide bonds. The van der Waals surface area contributed by atoms with Crippen molar-refractivity contribution in [2.45, 2.75) is 13.0 Å². The fraction of sp³-hybridized carbons (Fsp3) is 0.300. The van der Waals surface area contributed by atoms with Crippen LogP contribution in [0.4, 0.5) is 0 Å². The molecule has 0 fully saturated rings. The Hall–Kier alpha value is -2.18. The van der Waals surface area contributed by atoms with Crippen LogP contribution in [0.2, 0.25) is 0 Å². The molecule has 2 aromatic rings. The first-order chi connectivity index (χ1) is 12.5. The van der Waals surface area contributed by atoms with Crippen LogP contribution in [-0.4, -0.2) is 43.4 Å². The first kappa shape index (κ1) is 20.1. The zero-order valence-electron chi connectivity index (χ0n) is 14.9. The molecule has 5 nitrogen and oxygen atoms in total. The lowest BCUT2D eigenvalue weighted by atomic mass is 10.2. The Morgan fingerprint density at radius 1 is 1.00 bits per heavy atom. The zero-order chi connectivity index (χ0) is 18.8. The number of nitrogens with zero attached hydrogens (tertiary/aromatic N) is 1. The van der Waals surface area contributed by atoms with E-state index in [2.05, 4.69) is 50.6 Å². The summed E-state index contributed by atoms with van der Waals surface area (Å²) in [5.74, 6) is -0.434. The van der Waals surface area contributed by atoms with Gasteiger partial charge in [0.05, 0.1) is 6.54 Å². The van der Waals surface area contributed by atoms with E-state index >= 15 is 0 Å². The van der Waals surface area contributed by atoms with Gasteiger partial charge < -0.3 is 15.5 Å². The van der Waals surface area contributed by atoms with Gasteiger partial charge in [-0.25, -0.2) is 0 Å². The molecule has 2 aromatic carbocycles. The van der Waals surface area contributed by atoms with Gasteiger partial charge in [-0.15, -0.1) is 0 Å². The topological polar surface area (TPSA) is 61.4 Å². The summed E-state index contributed by atoms with van der Waals surface area (Å²) in [5.41, 5.74) is 1.80. The average Bonchev–Trinajstić information content (AvgIpc) is 2.64. The summed E-state index contributed by atoms with van der Waals surface area (Å²) in [7, 11) is 2.06. The molecular weight excluding hydrogens is 394 g/mol. The molecule has 0 spiro atoms. The molecule has 2 N–H and O–H groups in total. The van der Waals surface area contributed by atoms with Gasteiger partial charge in [0.25, 0.3) is 5.91 Å². The van der Waals surface area contributed by atoms with Gasteiger partial charge in [-0.2, -0.15) is 0 Å². The van der Waals surface area contributed by atoms with E-state index in [1.54, 1.807) is 24.3 Å². The molecule has 138 valence electrons. The quantitative estimate of drug-likeness (QED) is 0.616. The van der Waals surface area contributed by atoms with Crippen molar-refractivity contribution in [2.75, 3.05) is 26.7 Å². The van der Waals surface area contributed by atoms with Crippen molar-refractivity contribution < 1.29 is 9.59 Å². The Bertz CT molecular complexity index is 705. The molecule has 6 heteroatoms. The van der Waals surface area contributed by atoms with E-state index in [0.29, 0.717) is 12.1 Å². The highest BCUT2D eigenvalue weighted by Gasteiger charge is 2.07. The SMILES string of the molecule is CN(CCCNC(=O)CNC(=O)c1ccc(Br)cc1)Cc1ccccc1. The molecule has 0 aliphatic rings. The number of carbonyl (C=O) groups excluding carboxylic acids is 2. The van der Waals surface area contributed by atoms with Crippen molar-refractivity contribution in [3.8, 4) is 0 Å². The Morgan fingerprint density at radius 2 is 1.69 bits per heavy atom. The lowest BCUT2D eigenvalue weighted by molar-refractivity contribution is -0.120. The summed E-state index contributed by atoms with van der Waals surface area (Å²) >= 11 is 3.32. The molecular formula is C20H24BrN3O2. The third-order valence-corrected chi connectivity index (χ3v) is 4.38. The number of amides is 2. The second kappa shape index (κ2) is 10.7. The van der Waals surface area contributed by atoms with Gasteiger partial charge in [0.2, 0.25) is 5.91 Å². The second-order valence-corrected chi connectivity index (χ2v) is 7.03. The van der Waals surface area contributed by atoms with Crippen LogP contribution in [0.1, 0.15) is 22.3 Å². The summed E-state index contributed by atoms with van der Waals surface area (Å²) in [6, 6.07) is 17.3. The van der Waals surface area contributed by atoms with Crippen LogP contribution < -0.4 is 10.6 Å². The minimum atomic E-state index is -0.254. The average molecular weight is 418 g/mol. The maximum Gasteiger partial charge on any atom is 0.251 e. The van der Waals surface area contributed by atoms with Crippen LogP contribution in [0.15, 0.2) is 59.1 Å². The van der Waals surface area contributed by atoms with Crippen molar-refractivity contribution >= 4 is 27.7 Å². The van der Waals surface area contributed by atoms with Crippen LogP contribution in [0.5, 0.6) is 0 Å². The van der Waals surface area contributed by atoms with E-state index < -0.39 is 0 Å². The molecule has 0 heterocycles. The highest BCUT2D eigenvalue weighted by atomic mass is 79.9. The normalized spacial score (nSPS) is 10.6. The van der Waals surface area contributed by atoms with Gasteiger partial charge in [-0.05, 0) is 49.8 Å². The molecule has 0 saturated carbocycles. The van der Waals surface area contributed by atoms with E-state index in [4.69, 9.17) is 0 Å². The predicted molar refractivity (Wildman–Crippen MR) is 107 cm³/mol. The van der Waals surface area contributed by atoms with Gasteiger partial charge in [0.15, 0.2) is 0 Å². The van der Waals surface area contributed by atoms with E-state index in [-0.39, 0.29) is 18.4 Å². The number of nitrogens with one attached hydrogen (secondary N) is 2. The third kappa shape index (κ3) is 7.37. The first-order valence-corrected chi connectivity index (χ1v) is 9.37. The van der Waals surface area contributed by atoms with Crippen LogP contribution in [0.3, 0.4) is 0 Å². The summed E-state index contributed by atoms with van der Waals surface area (Å²) < 4.78 is 0.907. The van der Waals surface area contributed by atoms with Gasteiger partial charge >= 0.3 is 0 Å². The molecule has 0 aromatic heterocycles. The molecule has 0 unspecified atom stereocenters. The maximum atomic E-state index is 11.9. The number of benzene rings is 2. The van der Waals surface area contributed by atoms with Gasteiger partial charge in [-0.3, -0.25) is 9.59 Å². The van der Waals surface area contributed by atoms with Gasteiger partial charge in [0.1, 0.15) is 0 Å². The van der Waals surface area contributed by atoms with Gasteiger partial charge in [0, 0.05) is 23.1 Å². The molecule has 2 rings (SSSR count). The smallest absolute Gasteiger partial charge is 0.251 e. The van der Waals surface area contributed by atoms with Crippen molar-refractivity contribution in [3.05, 3.63) is 70.2 Å². The fourth-order valence-corrected chi connectivity index (χ4v) is 2.74. The highest BCUT2D eigenvalue weighted by molar-refractivity contribution is 9.10. The Morgan fingerprint density at radius 3 is 2.38 bits per heavy atom.